The van der Waals surface area contributed by atoms with Crippen LogP contribution in [0.25, 0.3) is 0 Å². The van der Waals surface area contributed by atoms with E-state index in [2.05, 4.69) is 70.5 Å². The zero-order chi connectivity index (χ0) is 31.4. The number of anilines is 2. The van der Waals surface area contributed by atoms with Crippen molar-refractivity contribution in [2.75, 3.05) is 23.3 Å². The maximum absolute atomic E-state index is 6.14. The molecular formula is C41H34N2O4. The molecule has 0 atom stereocenters. The Labute approximate surface area is 275 Å². The van der Waals surface area contributed by atoms with Crippen molar-refractivity contribution in [3.8, 4) is 34.5 Å². The van der Waals surface area contributed by atoms with Crippen LogP contribution in [0, 0.1) is 0 Å². The molecule has 2 heterocycles. The third-order valence-corrected chi connectivity index (χ3v) is 8.55. The van der Waals surface area contributed by atoms with Crippen molar-refractivity contribution in [2.45, 2.75) is 19.5 Å². The van der Waals surface area contributed by atoms with Crippen LogP contribution in [0.2, 0.25) is 0 Å². The molecular weight excluding hydrogens is 584 g/mol. The van der Waals surface area contributed by atoms with Gasteiger partial charge in [0.05, 0.1) is 0 Å². The maximum atomic E-state index is 6.14. The Bertz CT molecular complexity index is 1810. The molecule has 0 radical (unpaired) electrons. The number of rotatable bonds is 8. The summed E-state index contributed by atoms with van der Waals surface area (Å²) in [6, 6.07) is 49.3. The molecule has 2 aliphatic rings. The molecule has 0 N–H and O–H groups in total. The van der Waals surface area contributed by atoms with Crippen molar-refractivity contribution >= 4 is 11.4 Å². The predicted molar refractivity (Wildman–Crippen MR) is 185 cm³/mol. The van der Waals surface area contributed by atoms with Crippen molar-refractivity contribution in [3.05, 3.63) is 168 Å². The highest BCUT2D eigenvalue weighted by Gasteiger charge is 2.18. The van der Waals surface area contributed by atoms with Gasteiger partial charge in [0, 0.05) is 35.6 Å². The highest BCUT2D eigenvalue weighted by Crippen LogP contribution is 2.32. The Morgan fingerprint density at radius 3 is 1.19 bits per heavy atom. The molecule has 6 aromatic carbocycles. The van der Waals surface area contributed by atoms with Crippen LogP contribution in [0.1, 0.15) is 22.3 Å². The van der Waals surface area contributed by atoms with Gasteiger partial charge in [0.2, 0.25) is 0 Å². The first-order chi connectivity index (χ1) is 23.2. The molecule has 0 saturated carbocycles. The molecule has 6 heteroatoms. The van der Waals surface area contributed by atoms with E-state index in [4.69, 9.17) is 18.9 Å². The second kappa shape index (κ2) is 12.9. The molecule has 0 fully saturated rings. The quantitative estimate of drug-likeness (QED) is 0.169. The van der Waals surface area contributed by atoms with Crippen molar-refractivity contribution in [3.63, 3.8) is 0 Å². The third-order valence-electron chi connectivity index (χ3n) is 8.55. The molecule has 0 amide bonds. The first-order valence-electron chi connectivity index (χ1n) is 15.9. The van der Waals surface area contributed by atoms with Crippen LogP contribution in [0.4, 0.5) is 11.4 Å². The Morgan fingerprint density at radius 2 is 0.787 bits per heavy atom. The van der Waals surface area contributed by atoms with Gasteiger partial charge in [-0.2, -0.15) is 0 Å². The van der Waals surface area contributed by atoms with Crippen LogP contribution in [0.3, 0.4) is 0 Å². The summed E-state index contributed by atoms with van der Waals surface area (Å²) in [6.07, 6.45) is 0.825. The second-order valence-electron chi connectivity index (χ2n) is 11.8. The number of ether oxygens (including phenoxy) is 4. The van der Waals surface area contributed by atoms with Gasteiger partial charge in [0.25, 0.3) is 0 Å². The molecule has 0 aliphatic carbocycles. The Balaban J connectivity index is 0.829. The van der Waals surface area contributed by atoms with E-state index in [-0.39, 0.29) is 0 Å². The summed E-state index contributed by atoms with van der Waals surface area (Å²) in [6.45, 7) is 2.73. The van der Waals surface area contributed by atoms with Crippen LogP contribution in [0.5, 0.6) is 34.5 Å². The largest absolute Gasteiger partial charge is 0.473 e. The Morgan fingerprint density at radius 1 is 0.426 bits per heavy atom. The van der Waals surface area contributed by atoms with E-state index in [1.807, 2.05) is 84.9 Å². The molecule has 0 saturated heterocycles. The van der Waals surface area contributed by atoms with E-state index in [1.165, 1.54) is 22.3 Å². The first-order valence-corrected chi connectivity index (χ1v) is 15.9. The predicted octanol–water partition coefficient (Wildman–Crippen LogP) is 9.57. The van der Waals surface area contributed by atoms with Crippen LogP contribution in [-0.4, -0.2) is 13.5 Å². The molecule has 6 nitrogen and oxygen atoms in total. The molecule has 0 bridgehead atoms. The fourth-order valence-corrected chi connectivity index (χ4v) is 5.99. The van der Waals surface area contributed by atoms with E-state index in [0.717, 1.165) is 65.4 Å². The van der Waals surface area contributed by atoms with E-state index in [1.54, 1.807) is 0 Å². The van der Waals surface area contributed by atoms with Gasteiger partial charge in [-0.25, -0.2) is 0 Å². The fourth-order valence-electron chi connectivity index (χ4n) is 5.99. The summed E-state index contributed by atoms with van der Waals surface area (Å²) in [4.78, 5) is 4.42. The number of fused-ring (bicyclic) bond motifs is 2. The standard InChI is InChI=1S/C41H34N2O4/c1-3-7-40-32(5-1)26-42(28-44-40)34-13-21-38(22-14-34)46-36-17-9-30(10-18-36)25-31-11-19-37(20-12-31)47-39-23-15-35(16-24-39)43-27-33-6-2-4-8-41(33)45-29-43/h1-24H,25-29H2. The normalized spacial score (nSPS) is 13.5. The van der Waals surface area contributed by atoms with Gasteiger partial charge >= 0.3 is 0 Å². The van der Waals surface area contributed by atoms with Gasteiger partial charge in [-0.3, -0.25) is 0 Å². The first kappa shape index (κ1) is 28.6. The maximum Gasteiger partial charge on any atom is 0.161 e. The summed E-state index contributed by atoms with van der Waals surface area (Å²) in [5, 5.41) is 0. The smallest absolute Gasteiger partial charge is 0.161 e. The van der Waals surface area contributed by atoms with Gasteiger partial charge in [0.1, 0.15) is 34.5 Å². The topological polar surface area (TPSA) is 43.4 Å². The number of hydrogen-bond acceptors (Lipinski definition) is 6. The van der Waals surface area contributed by atoms with Gasteiger partial charge in [-0.1, -0.05) is 60.7 Å². The number of hydrogen-bond donors (Lipinski definition) is 0. The van der Waals surface area contributed by atoms with Crippen molar-refractivity contribution in [2.24, 2.45) is 0 Å². The van der Waals surface area contributed by atoms with E-state index >= 15 is 0 Å². The molecule has 0 spiro atoms. The molecule has 2 aliphatic heterocycles. The van der Waals surface area contributed by atoms with E-state index < -0.39 is 0 Å². The lowest BCUT2D eigenvalue weighted by Crippen LogP contribution is -2.31. The zero-order valence-corrected chi connectivity index (χ0v) is 25.9. The highest BCUT2D eigenvalue weighted by molar-refractivity contribution is 5.54. The number of para-hydroxylation sites is 2. The monoisotopic (exact) mass is 618 g/mol. The minimum atomic E-state index is 0.536. The minimum Gasteiger partial charge on any atom is -0.473 e. The van der Waals surface area contributed by atoms with Crippen molar-refractivity contribution in [1.29, 1.82) is 0 Å². The lowest BCUT2D eigenvalue weighted by Gasteiger charge is -2.30. The Kier molecular flexibility index (Phi) is 7.82. The zero-order valence-electron chi connectivity index (χ0n) is 25.9. The van der Waals surface area contributed by atoms with E-state index in [9.17, 15) is 0 Å². The number of benzene rings is 6. The average Bonchev–Trinajstić information content (AvgIpc) is 3.13. The summed E-state index contributed by atoms with van der Waals surface area (Å²) < 4.78 is 24.1. The third kappa shape index (κ3) is 6.58. The second-order valence-corrected chi connectivity index (χ2v) is 11.8. The van der Waals surface area contributed by atoms with Crippen molar-refractivity contribution in [1.82, 2.24) is 0 Å². The number of nitrogens with zero attached hydrogens (tertiary/aromatic N) is 2. The van der Waals surface area contributed by atoms with Gasteiger partial charge in [-0.15, -0.1) is 0 Å². The molecule has 232 valence electrons. The fraction of sp³-hybridized carbons (Fsp3) is 0.122. The summed E-state index contributed by atoms with van der Waals surface area (Å²) in [5.74, 6) is 5.15. The highest BCUT2D eigenvalue weighted by atomic mass is 16.5. The lowest BCUT2D eigenvalue weighted by molar-refractivity contribution is 0.289. The average molecular weight is 619 g/mol. The van der Waals surface area contributed by atoms with Gasteiger partial charge < -0.3 is 28.7 Å². The molecule has 47 heavy (non-hydrogen) atoms. The SMILES string of the molecule is c1ccc2c(c1)CN(c1ccc(Oc3ccc(Cc4ccc(Oc5ccc(N6COc7ccccc7C6)cc5)cc4)cc3)cc1)CO2. The minimum absolute atomic E-state index is 0.536. The molecule has 0 aromatic heterocycles. The molecule has 6 aromatic rings. The molecule has 0 unspecified atom stereocenters. The van der Waals surface area contributed by atoms with Crippen molar-refractivity contribution < 1.29 is 18.9 Å². The van der Waals surface area contributed by atoms with Crippen LogP contribution >= 0.6 is 0 Å². The summed E-state index contributed by atoms with van der Waals surface area (Å²) >= 11 is 0. The van der Waals surface area contributed by atoms with Gasteiger partial charge in [-0.05, 0) is 102 Å². The lowest BCUT2D eigenvalue weighted by atomic mass is 10.0. The van der Waals surface area contributed by atoms with Crippen LogP contribution in [-0.2, 0) is 19.5 Å². The summed E-state index contributed by atoms with van der Waals surface area (Å²) in [5.41, 5.74) is 7.03. The van der Waals surface area contributed by atoms with Crippen LogP contribution < -0.4 is 28.7 Å². The molecule has 8 rings (SSSR count). The van der Waals surface area contributed by atoms with Crippen LogP contribution in [0.15, 0.2) is 146 Å². The summed E-state index contributed by atoms with van der Waals surface area (Å²) in [7, 11) is 0. The Hall–Kier alpha value is -5.88. The van der Waals surface area contributed by atoms with Gasteiger partial charge in [0.15, 0.2) is 13.5 Å². The van der Waals surface area contributed by atoms with E-state index in [0.29, 0.717) is 13.5 Å².